The highest BCUT2D eigenvalue weighted by Crippen LogP contribution is 2.37. The molecule has 4 unspecified atom stereocenters. The molecular weight excluding hydrogens is 226 g/mol. The second-order valence-corrected chi connectivity index (χ2v) is 6.18. The second-order valence-electron chi connectivity index (χ2n) is 6.18. The molecule has 0 radical (unpaired) electrons. The summed E-state index contributed by atoms with van der Waals surface area (Å²) in [5.41, 5.74) is 6.13. The van der Waals surface area contributed by atoms with E-state index in [-0.39, 0.29) is 6.04 Å². The van der Waals surface area contributed by atoms with Crippen LogP contribution < -0.4 is 5.73 Å². The van der Waals surface area contributed by atoms with Gasteiger partial charge in [0.05, 0.1) is 6.04 Å². The standard InChI is InChI=1S/C14H27N3O/c1-4-5-13(16(2)3)14(18)17-8-10-6-7-12(15)11(10)9-17/h10-13H,4-9,15H2,1-3H3. The quantitative estimate of drug-likeness (QED) is 0.810. The summed E-state index contributed by atoms with van der Waals surface area (Å²) in [7, 11) is 4.00. The molecule has 18 heavy (non-hydrogen) atoms. The summed E-state index contributed by atoms with van der Waals surface area (Å²) in [4.78, 5) is 16.7. The summed E-state index contributed by atoms with van der Waals surface area (Å²) < 4.78 is 0. The number of rotatable bonds is 4. The summed E-state index contributed by atoms with van der Waals surface area (Å²) in [5, 5.41) is 0. The summed E-state index contributed by atoms with van der Waals surface area (Å²) in [6.07, 6.45) is 4.35. The molecule has 1 amide bonds. The molecular formula is C14H27N3O. The third-order valence-corrected chi connectivity index (χ3v) is 4.69. The molecule has 0 spiro atoms. The van der Waals surface area contributed by atoms with Crippen LogP contribution in [0.1, 0.15) is 32.6 Å². The van der Waals surface area contributed by atoms with Crippen molar-refractivity contribution in [2.75, 3.05) is 27.2 Å². The number of amides is 1. The Morgan fingerprint density at radius 3 is 2.67 bits per heavy atom. The Kier molecular flexibility index (Phi) is 4.28. The largest absolute Gasteiger partial charge is 0.341 e. The van der Waals surface area contributed by atoms with Crippen molar-refractivity contribution in [3.05, 3.63) is 0 Å². The molecule has 2 N–H and O–H groups in total. The van der Waals surface area contributed by atoms with Crippen LogP contribution in [0, 0.1) is 11.8 Å². The average Bonchev–Trinajstić information content (AvgIpc) is 2.88. The van der Waals surface area contributed by atoms with E-state index in [1.807, 2.05) is 14.1 Å². The van der Waals surface area contributed by atoms with Crippen LogP contribution in [-0.2, 0) is 4.79 Å². The Hall–Kier alpha value is -0.610. The second kappa shape index (κ2) is 5.57. The van der Waals surface area contributed by atoms with Crippen LogP contribution in [0.25, 0.3) is 0 Å². The maximum Gasteiger partial charge on any atom is 0.239 e. The average molecular weight is 253 g/mol. The number of likely N-dealkylation sites (tertiary alicyclic amines) is 1. The number of hydrogen-bond donors (Lipinski definition) is 1. The lowest BCUT2D eigenvalue weighted by Gasteiger charge is -2.28. The van der Waals surface area contributed by atoms with Crippen molar-refractivity contribution in [1.29, 1.82) is 0 Å². The molecule has 1 heterocycles. The fraction of sp³-hybridized carbons (Fsp3) is 0.929. The first-order valence-corrected chi connectivity index (χ1v) is 7.25. The van der Waals surface area contributed by atoms with E-state index in [1.54, 1.807) is 0 Å². The van der Waals surface area contributed by atoms with Gasteiger partial charge in [-0.05, 0) is 45.2 Å². The monoisotopic (exact) mass is 253 g/mol. The lowest BCUT2D eigenvalue weighted by molar-refractivity contribution is -0.135. The maximum atomic E-state index is 12.6. The summed E-state index contributed by atoms with van der Waals surface area (Å²) in [5.74, 6) is 1.52. The van der Waals surface area contributed by atoms with E-state index in [0.29, 0.717) is 23.8 Å². The number of likely N-dealkylation sites (N-methyl/N-ethyl adjacent to an activating group) is 1. The third-order valence-electron chi connectivity index (χ3n) is 4.69. The van der Waals surface area contributed by atoms with Crippen LogP contribution in [0.2, 0.25) is 0 Å². The molecule has 0 aromatic carbocycles. The van der Waals surface area contributed by atoms with Gasteiger partial charge in [0.25, 0.3) is 0 Å². The van der Waals surface area contributed by atoms with E-state index in [1.165, 1.54) is 6.42 Å². The van der Waals surface area contributed by atoms with Crippen LogP contribution in [0.5, 0.6) is 0 Å². The first kappa shape index (κ1) is 13.8. The van der Waals surface area contributed by atoms with Crippen LogP contribution in [-0.4, -0.2) is 55.0 Å². The molecule has 2 aliphatic rings. The Balaban J connectivity index is 1.98. The highest BCUT2D eigenvalue weighted by molar-refractivity contribution is 5.82. The minimum atomic E-state index is 0.0463. The lowest BCUT2D eigenvalue weighted by atomic mass is 9.98. The molecule has 2 fully saturated rings. The van der Waals surface area contributed by atoms with E-state index < -0.39 is 0 Å². The zero-order valence-corrected chi connectivity index (χ0v) is 11.9. The molecule has 2 rings (SSSR count). The topological polar surface area (TPSA) is 49.6 Å². The van der Waals surface area contributed by atoms with Gasteiger partial charge in [-0.3, -0.25) is 9.69 Å². The van der Waals surface area contributed by atoms with Crippen molar-refractivity contribution >= 4 is 5.91 Å². The Labute approximate surface area is 110 Å². The number of nitrogens with two attached hydrogens (primary N) is 1. The summed E-state index contributed by atoms with van der Waals surface area (Å²) in [6.45, 7) is 3.96. The Bertz CT molecular complexity index is 305. The van der Waals surface area contributed by atoms with E-state index in [2.05, 4.69) is 16.7 Å². The smallest absolute Gasteiger partial charge is 0.239 e. The highest BCUT2D eigenvalue weighted by atomic mass is 16.2. The molecule has 1 aliphatic heterocycles. The SMILES string of the molecule is CCCC(C(=O)N1CC2CCC(N)C2C1)N(C)C. The molecule has 4 nitrogen and oxygen atoms in total. The van der Waals surface area contributed by atoms with E-state index in [4.69, 9.17) is 5.73 Å². The predicted octanol–water partition coefficient (Wildman–Crippen LogP) is 0.912. The van der Waals surface area contributed by atoms with Crippen LogP contribution in [0.4, 0.5) is 0 Å². The molecule has 0 aromatic rings. The van der Waals surface area contributed by atoms with Gasteiger partial charge in [0, 0.05) is 19.1 Å². The predicted molar refractivity (Wildman–Crippen MR) is 73.2 cm³/mol. The Morgan fingerprint density at radius 1 is 1.39 bits per heavy atom. The van der Waals surface area contributed by atoms with Gasteiger partial charge < -0.3 is 10.6 Å². The van der Waals surface area contributed by atoms with Gasteiger partial charge in [-0.15, -0.1) is 0 Å². The summed E-state index contributed by atoms with van der Waals surface area (Å²) in [6, 6.07) is 0.363. The number of carbonyl (C=O) groups is 1. The van der Waals surface area contributed by atoms with E-state index in [9.17, 15) is 4.79 Å². The molecule has 4 atom stereocenters. The van der Waals surface area contributed by atoms with Gasteiger partial charge >= 0.3 is 0 Å². The van der Waals surface area contributed by atoms with Crippen LogP contribution in [0.3, 0.4) is 0 Å². The fourth-order valence-electron chi connectivity index (χ4n) is 3.57. The molecule has 1 aliphatic carbocycles. The number of fused-ring (bicyclic) bond motifs is 1. The van der Waals surface area contributed by atoms with Crippen molar-refractivity contribution in [2.45, 2.75) is 44.7 Å². The van der Waals surface area contributed by atoms with Crippen molar-refractivity contribution in [3.63, 3.8) is 0 Å². The minimum absolute atomic E-state index is 0.0463. The van der Waals surface area contributed by atoms with Crippen molar-refractivity contribution in [3.8, 4) is 0 Å². The Morgan fingerprint density at radius 2 is 2.11 bits per heavy atom. The van der Waals surface area contributed by atoms with Crippen LogP contribution in [0.15, 0.2) is 0 Å². The van der Waals surface area contributed by atoms with Crippen LogP contribution >= 0.6 is 0 Å². The molecule has 0 bridgehead atoms. The van der Waals surface area contributed by atoms with E-state index >= 15 is 0 Å². The van der Waals surface area contributed by atoms with Gasteiger partial charge in [0.2, 0.25) is 5.91 Å². The molecule has 1 saturated heterocycles. The summed E-state index contributed by atoms with van der Waals surface area (Å²) >= 11 is 0. The van der Waals surface area contributed by atoms with E-state index in [0.717, 1.165) is 32.4 Å². The van der Waals surface area contributed by atoms with Gasteiger partial charge in [-0.2, -0.15) is 0 Å². The van der Waals surface area contributed by atoms with Crippen molar-refractivity contribution in [1.82, 2.24) is 9.80 Å². The molecule has 4 heteroatoms. The lowest BCUT2D eigenvalue weighted by Crippen LogP contribution is -2.45. The van der Waals surface area contributed by atoms with Gasteiger partial charge in [0.1, 0.15) is 0 Å². The highest BCUT2D eigenvalue weighted by Gasteiger charge is 2.43. The van der Waals surface area contributed by atoms with Gasteiger partial charge in [0.15, 0.2) is 0 Å². The van der Waals surface area contributed by atoms with Gasteiger partial charge in [-0.25, -0.2) is 0 Å². The zero-order chi connectivity index (χ0) is 13.3. The number of hydrogen-bond acceptors (Lipinski definition) is 3. The third kappa shape index (κ3) is 2.54. The zero-order valence-electron chi connectivity index (χ0n) is 11.9. The number of nitrogens with zero attached hydrogens (tertiary/aromatic N) is 2. The van der Waals surface area contributed by atoms with Gasteiger partial charge in [-0.1, -0.05) is 13.3 Å². The van der Waals surface area contributed by atoms with Crippen molar-refractivity contribution in [2.24, 2.45) is 17.6 Å². The molecule has 1 saturated carbocycles. The minimum Gasteiger partial charge on any atom is -0.341 e. The maximum absolute atomic E-state index is 12.6. The molecule has 104 valence electrons. The first-order valence-electron chi connectivity index (χ1n) is 7.25. The normalized spacial score (nSPS) is 32.9. The molecule has 0 aromatic heterocycles. The van der Waals surface area contributed by atoms with Crippen molar-refractivity contribution < 1.29 is 4.79 Å². The first-order chi connectivity index (χ1) is 8.54. The number of carbonyl (C=O) groups excluding carboxylic acids is 1. The fourth-order valence-corrected chi connectivity index (χ4v) is 3.57.